The highest BCUT2D eigenvalue weighted by atomic mass is 16.5. The molecule has 2 N–H and O–H groups in total. The monoisotopic (exact) mass is 335 g/mol. The molecule has 0 saturated heterocycles. The Balaban J connectivity index is 1.80. The molecule has 3 aromatic rings. The summed E-state index contributed by atoms with van der Waals surface area (Å²) in [6.07, 6.45) is 2.54. The Morgan fingerprint density at radius 2 is 1.68 bits per heavy atom. The predicted molar refractivity (Wildman–Crippen MR) is 99.8 cm³/mol. The van der Waals surface area contributed by atoms with Gasteiger partial charge >= 0.3 is 0 Å². The third kappa shape index (κ3) is 4.23. The Bertz CT molecular complexity index is 837. The molecule has 0 atom stereocenters. The van der Waals surface area contributed by atoms with Crippen molar-refractivity contribution in [3.05, 3.63) is 60.3 Å². The van der Waals surface area contributed by atoms with Crippen LogP contribution < -0.4 is 15.4 Å². The van der Waals surface area contributed by atoms with Crippen molar-refractivity contribution in [1.29, 1.82) is 0 Å². The van der Waals surface area contributed by atoms with Crippen LogP contribution in [0, 0.1) is 0 Å². The van der Waals surface area contributed by atoms with E-state index in [1.54, 1.807) is 6.20 Å². The second kappa shape index (κ2) is 8.10. The topological polar surface area (TPSA) is 72.0 Å². The molecule has 1 heterocycles. The molecule has 0 bridgehead atoms. The maximum atomic E-state index is 5.61. The van der Waals surface area contributed by atoms with Crippen molar-refractivity contribution in [3.63, 3.8) is 0 Å². The van der Waals surface area contributed by atoms with Crippen LogP contribution in [0.4, 0.5) is 23.1 Å². The molecule has 0 amide bonds. The lowest BCUT2D eigenvalue weighted by atomic mass is 10.1. The summed E-state index contributed by atoms with van der Waals surface area (Å²) in [6, 6.07) is 15.8. The van der Waals surface area contributed by atoms with Gasteiger partial charge in [0.1, 0.15) is 5.75 Å². The molecule has 0 unspecified atom stereocenters. The van der Waals surface area contributed by atoms with E-state index in [2.05, 4.69) is 38.8 Å². The number of para-hydroxylation sites is 3. The minimum atomic E-state index is 0.408. The molecule has 6 heteroatoms. The number of hydrogen-bond acceptors (Lipinski definition) is 6. The predicted octanol–water partition coefficient (Wildman–Crippen LogP) is 4.32. The summed E-state index contributed by atoms with van der Waals surface area (Å²) in [6.45, 7) is 4.66. The number of aryl methyl sites for hydroxylation is 1. The van der Waals surface area contributed by atoms with E-state index in [4.69, 9.17) is 4.74 Å². The number of rotatable bonds is 7. The van der Waals surface area contributed by atoms with Crippen LogP contribution in [-0.2, 0) is 6.42 Å². The molecular weight excluding hydrogens is 314 g/mol. The summed E-state index contributed by atoms with van der Waals surface area (Å²) >= 11 is 0. The first kappa shape index (κ1) is 16.7. The molecule has 2 aromatic carbocycles. The van der Waals surface area contributed by atoms with Crippen LogP contribution in [0.1, 0.15) is 19.4 Å². The fourth-order valence-corrected chi connectivity index (χ4v) is 2.48. The van der Waals surface area contributed by atoms with Crippen LogP contribution >= 0.6 is 0 Å². The maximum Gasteiger partial charge on any atom is 0.249 e. The molecule has 25 heavy (non-hydrogen) atoms. The van der Waals surface area contributed by atoms with Crippen LogP contribution in [0.2, 0.25) is 0 Å². The van der Waals surface area contributed by atoms with Crippen molar-refractivity contribution in [2.45, 2.75) is 20.3 Å². The average Bonchev–Trinajstić information content (AvgIpc) is 2.64. The van der Waals surface area contributed by atoms with Gasteiger partial charge in [-0.05, 0) is 37.1 Å². The van der Waals surface area contributed by atoms with Gasteiger partial charge in [0, 0.05) is 5.69 Å². The SMILES string of the molecule is CCOc1ccccc1Nc1nncc(Nc2ccccc2CC)n1. The van der Waals surface area contributed by atoms with Gasteiger partial charge in [-0.2, -0.15) is 10.1 Å². The summed E-state index contributed by atoms with van der Waals surface area (Å²) in [5.41, 5.74) is 3.04. The Morgan fingerprint density at radius 3 is 2.48 bits per heavy atom. The third-order valence-electron chi connectivity index (χ3n) is 3.65. The van der Waals surface area contributed by atoms with E-state index in [1.807, 2.05) is 49.4 Å². The van der Waals surface area contributed by atoms with Crippen LogP contribution in [-0.4, -0.2) is 21.8 Å². The summed E-state index contributed by atoms with van der Waals surface area (Å²) < 4.78 is 5.61. The van der Waals surface area contributed by atoms with Crippen molar-refractivity contribution < 1.29 is 4.74 Å². The number of nitrogens with zero attached hydrogens (tertiary/aromatic N) is 3. The lowest BCUT2D eigenvalue weighted by Crippen LogP contribution is -2.04. The number of aromatic nitrogens is 3. The lowest BCUT2D eigenvalue weighted by Gasteiger charge is -2.12. The Hall–Kier alpha value is -3.15. The average molecular weight is 335 g/mol. The van der Waals surface area contributed by atoms with Crippen molar-refractivity contribution in [3.8, 4) is 5.75 Å². The molecular formula is C19H21N5O. The first-order valence-corrected chi connectivity index (χ1v) is 8.33. The summed E-state index contributed by atoms with van der Waals surface area (Å²) in [5, 5.41) is 14.5. The minimum Gasteiger partial charge on any atom is -0.492 e. The number of nitrogens with one attached hydrogen (secondary N) is 2. The summed E-state index contributed by atoms with van der Waals surface area (Å²) in [7, 11) is 0. The first-order chi connectivity index (χ1) is 12.3. The fourth-order valence-electron chi connectivity index (χ4n) is 2.48. The van der Waals surface area contributed by atoms with E-state index in [-0.39, 0.29) is 0 Å². The van der Waals surface area contributed by atoms with Crippen molar-refractivity contribution in [2.75, 3.05) is 17.2 Å². The number of hydrogen-bond donors (Lipinski definition) is 2. The number of ether oxygens (including phenoxy) is 1. The van der Waals surface area contributed by atoms with E-state index < -0.39 is 0 Å². The first-order valence-electron chi connectivity index (χ1n) is 8.33. The van der Waals surface area contributed by atoms with Gasteiger partial charge in [0.25, 0.3) is 0 Å². The highest BCUT2D eigenvalue weighted by Gasteiger charge is 2.07. The largest absolute Gasteiger partial charge is 0.492 e. The van der Waals surface area contributed by atoms with Crippen molar-refractivity contribution in [2.24, 2.45) is 0 Å². The maximum absolute atomic E-state index is 5.61. The van der Waals surface area contributed by atoms with Crippen LogP contribution in [0.25, 0.3) is 0 Å². The molecule has 0 saturated carbocycles. The molecule has 128 valence electrons. The quantitative estimate of drug-likeness (QED) is 0.670. The van der Waals surface area contributed by atoms with Gasteiger partial charge in [-0.15, -0.1) is 5.10 Å². The smallest absolute Gasteiger partial charge is 0.249 e. The Kier molecular flexibility index (Phi) is 5.41. The van der Waals surface area contributed by atoms with Gasteiger partial charge in [0.15, 0.2) is 5.82 Å². The van der Waals surface area contributed by atoms with Crippen molar-refractivity contribution in [1.82, 2.24) is 15.2 Å². The number of benzene rings is 2. The van der Waals surface area contributed by atoms with Gasteiger partial charge in [-0.1, -0.05) is 37.3 Å². The zero-order chi connectivity index (χ0) is 17.5. The van der Waals surface area contributed by atoms with Gasteiger partial charge < -0.3 is 15.4 Å². The lowest BCUT2D eigenvalue weighted by molar-refractivity contribution is 0.342. The van der Waals surface area contributed by atoms with E-state index >= 15 is 0 Å². The highest BCUT2D eigenvalue weighted by Crippen LogP contribution is 2.26. The van der Waals surface area contributed by atoms with Crippen LogP contribution in [0.15, 0.2) is 54.7 Å². The highest BCUT2D eigenvalue weighted by molar-refractivity contribution is 5.64. The van der Waals surface area contributed by atoms with E-state index in [9.17, 15) is 0 Å². The van der Waals surface area contributed by atoms with Crippen molar-refractivity contribution >= 4 is 23.1 Å². The Labute approximate surface area is 147 Å². The zero-order valence-electron chi connectivity index (χ0n) is 14.4. The van der Waals surface area contributed by atoms with E-state index in [1.165, 1.54) is 5.56 Å². The number of anilines is 4. The molecule has 0 aliphatic rings. The molecule has 0 aliphatic heterocycles. The van der Waals surface area contributed by atoms with E-state index in [0.717, 1.165) is 23.5 Å². The fraction of sp³-hybridized carbons (Fsp3) is 0.211. The molecule has 6 nitrogen and oxygen atoms in total. The molecule has 3 rings (SSSR count). The molecule has 1 aromatic heterocycles. The van der Waals surface area contributed by atoms with E-state index in [0.29, 0.717) is 18.4 Å². The van der Waals surface area contributed by atoms with Crippen LogP contribution in [0.5, 0.6) is 5.75 Å². The standard InChI is InChI=1S/C19H21N5O/c1-3-14-9-5-6-10-15(14)21-18-13-20-24-19(23-18)22-16-11-7-8-12-17(16)25-4-2/h5-13H,3-4H2,1-2H3,(H2,21,22,23,24). The summed E-state index contributed by atoms with van der Waals surface area (Å²) in [5.74, 6) is 1.79. The molecule has 0 aliphatic carbocycles. The second-order valence-electron chi connectivity index (χ2n) is 5.36. The minimum absolute atomic E-state index is 0.408. The van der Waals surface area contributed by atoms with Crippen LogP contribution in [0.3, 0.4) is 0 Å². The molecule has 0 fully saturated rings. The third-order valence-corrected chi connectivity index (χ3v) is 3.65. The van der Waals surface area contributed by atoms with Gasteiger partial charge in [-0.25, -0.2) is 0 Å². The summed E-state index contributed by atoms with van der Waals surface area (Å²) in [4.78, 5) is 4.49. The van der Waals surface area contributed by atoms with Gasteiger partial charge in [-0.3, -0.25) is 0 Å². The second-order valence-corrected chi connectivity index (χ2v) is 5.36. The molecule has 0 spiro atoms. The van der Waals surface area contributed by atoms with Gasteiger partial charge in [0.05, 0.1) is 18.5 Å². The zero-order valence-corrected chi connectivity index (χ0v) is 14.4. The molecule has 0 radical (unpaired) electrons. The normalized spacial score (nSPS) is 10.3. The Morgan fingerprint density at radius 1 is 0.920 bits per heavy atom. The van der Waals surface area contributed by atoms with Gasteiger partial charge in [0.2, 0.25) is 5.95 Å².